The highest BCUT2D eigenvalue weighted by molar-refractivity contribution is 5.19. The Morgan fingerprint density at radius 3 is 2.44 bits per heavy atom. The summed E-state index contributed by atoms with van der Waals surface area (Å²) in [6, 6.07) is 2.04. The van der Waals surface area contributed by atoms with Crippen LogP contribution in [0.15, 0.2) is 12.1 Å². The van der Waals surface area contributed by atoms with Gasteiger partial charge in [-0.25, -0.2) is 13.2 Å². The van der Waals surface area contributed by atoms with Gasteiger partial charge in [-0.1, -0.05) is 0 Å². The first-order valence-corrected chi connectivity index (χ1v) is 6.01. The SMILES string of the molecule is CC(O)C1CCN(Cc2cc(F)c(F)c(F)c2)C1. The molecule has 0 radical (unpaired) electrons. The summed E-state index contributed by atoms with van der Waals surface area (Å²) in [5.74, 6) is -3.55. The fourth-order valence-corrected chi connectivity index (χ4v) is 2.36. The molecule has 1 aromatic carbocycles. The lowest BCUT2D eigenvalue weighted by molar-refractivity contribution is 0.127. The number of nitrogens with zero attached hydrogens (tertiary/aromatic N) is 1. The molecular formula is C13H16F3NO. The van der Waals surface area contributed by atoms with Crippen LogP contribution in [0.4, 0.5) is 13.2 Å². The van der Waals surface area contributed by atoms with Crippen molar-refractivity contribution in [3.63, 3.8) is 0 Å². The number of aliphatic hydroxyl groups excluding tert-OH is 1. The largest absolute Gasteiger partial charge is 0.393 e. The molecule has 1 heterocycles. The summed E-state index contributed by atoms with van der Waals surface area (Å²) in [5.41, 5.74) is 0.414. The van der Waals surface area contributed by atoms with Crippen LogP contribution in [0, 0.1) is 23.4 Å². The van der Waals surface area contributed by atoms with Crippen molar-refractivity contribution in [2.45, 2.75) is 26.0 Å². The molecule has 2 unspecified atom stereocenters. The summed E-state index contributed by atoms with van der Waals surface area (Å²) in [4.78, 5) is 2.00. The molecule has 0 aromatic heterocycles. The molecule has 2 atom stereocenters. The maximum Gasteiger partial charge on any atom is 0.194 e. The van der Waals surface area contributed by atoms with Crippen molar-refractivity contribution in [2.24, 2.45) is 5.92 Å². The van der Waals surface area contributed by atoms with E-state index in [0.717, 1.165) is 25.1 Å². The van der Waals surface area contributed by atoms with Crippen LogP contribution in [0.3, 0.4) is 0 Å². The third-order valence-electron chi connectivity index (χ3n) is 3.44. The molecule has 1 aliphatic rings. The first-order valence-electron chi connectivity index (χ1n) is 6.01. The molecule has 1 fully saturated rings. The summed E-state index contributed by atoms with van der Waals surface area (Å²) in [7, 11) is 0. The standard InChI is InChI=1S/C13H16F3NO/c1-8(18)10-2-3-17(7-10)6-9-4-11(14)13(16)12(15)5-9/h4-5,8,10,18H,2-3,6-7H2,1H3. The Hall–Kier alpha value is -1.07. The lowest BCUT2D eigenvalue weighted by Crippen LogP contribution is -2.24. The molecule has 100 valence electrons. The van der Waals surface area contributed by atoms with Gasteiger partial charge < -0.3 is 5.11 Å². The molecule has 0 spiro atoms. The van der Waals surface area contributed by atoms with Crippen molar-refractivity contribution >= 4 is 0 Å². The van der Waals surface area contributed by atoms with Crippen LogP contribution in [0.25, 0.3) is 0 Å². The molecule has 5 heteroatoms. The number of hydrogen-bond acceptors (Lipinski definition) is 2. The predicted molar refractivity (Wildman–Crippen MR) is 61.4 cm³/mol. The zero-order valence-corrected chi connectivity index (χ0v) is 10.2. The van der Waals surface area contributed by atoms with Crippen LogP contribution in [0.2, 0.25) is 0 Å². The summed E-state index contributed by atoms with van der Waals surface area (Å²) in [5, 5.41) is 9.46. The smallest absolute Gasteiger partial charge is 0.194 e. The third-order valence-corrected chi connectivity index (χ3v) is 3.44. The Bertz CT molecular complexity index is 413. The Morgan fingerprint density at radius 1 is 1.33 bits per heavy atom. The summed E-state index contributed by atoms with van der Waals surface area (Å²) >= 11 is 0. The van der Waals surface area contributed by atoms with Gasteiger partial charge in [-0.3, -0.25) is 4.90 Å². The van der Waals surface area contributed by atoms with Crippen molar-refractivity contribution in [3.05, 3.63) is 35.1 Å². The van der Waals surface area contributed by atoms with Gasteiger partial charge in [0.1, 0.15) is 0 Å². The van der Waals surface area contributed by atoms with Gasteiger partial charge in [0, 0.05) is 13.1 Å². The second-order valence-corrected chi connectivity index (χ2v) is 4.90. The van der Waals surface area contributed by atoms with E-state index >= 15 is 0 Å². The zero-order valence-electron chi connectivity index (χ0n) is 10.2. The number of hydrogen-bond donors (Lipinski definition) is 1. The molecule has 1 saturated heterocycles. The van der Waals surface area contributed by atoms with E-state index < -0.39 is 17.5 Å². The van der Waals surface area contributed by atoms with Crippen molar-refractivity contribution in [1.82, 2.24) is 4.90 Å². The van der Waals surface area contributed by atoms with E-state index in [1.807, 2.05) is 4.90 Å². The minimum Gasteiger partial charge on any atom is -0.393 e. The van der Waals surface area contributed by atoms with E-state index in [-0.39, 0.29) is 12.0 Å². The van der Waals surface area contributed by atoms with Crippen LogP contribution in [-0.2, 0) is 6.54 Å². The van der Waals surface area contributed by atoms with Crippen molar-refractivity contribution in [1.29, 1.82) is 0 Å². The molecule has 0 bridgehead atoms. The average Bonchev–Trinajstić information content (AvgIpc) is 2.74. The van der Waals surface area contributed by atoms with Gasteiger partial charge in [-0.15, -0.1) is 0 Å². The number of likely N-dealkylation sites (tertiary alicyclic amines) is 1. The molecule has 0 aliphatic carbocycles. The van der Waals surface area contributed by atoms with E-state index in [1.165, 1.54) is 0 Å². The van der Waals surface area contributed by atoms with Crippen LogP contribution in [0.1, 0.15) is 18.9 Å². The Kier molecular flexibility index (Phi) is 3.92. The van der Waals surface area contributed by atoms with Gasteiger partial charge >= 0.3 is 0 Å². The van der Waals surface area contributed by atoms with E-state index in [9.17, 15) is 18.3 Å². The molecule has 1 aliphatic heterocycles. The fourth-order valence-electron chi connectivity index (χ4n) is 2.36. The van der Waals surface area contributed by atoms with Crippen LogP contribution >= 0.6 is 0 Å². The third kappa shape index (κ3) is 2.84. The van der Waals surface area contributed by atoms with E-state index in [0.29, 0.717) is 18.7 Å². The zero-order chi connectivity index (χ0) is 13.3. The maximum absolute atomic E-state index is 13.0. The quantitative estimate of drug-likeness (QED) is 0.842. The molecule has 0 saturated carbocycles. The molecule has 2 rings (SSSR count). The minimum atomic E-state index is -1.43. The monoisotopic (exact) mass is 259 g/mol. The van der Waals surface area contributed by atoms with Crippen LogP contribution in [-0.4, -0.2) is 29.2 Å². The lowest BCUT2D eigenvalue weighted by Gasteiger charge is -2.17. The highest BCUT2D eigenvalue weighted by Gasteiger charge is 2.26. The molecule has 1 aromatic rings. The van der Waals surface area contributed by atoms with Crippen molar-refractivity contribution in [3.8, 4) is 0 Å². The number of aliphatic hydroxyl groups is 1. The highest BCUT2D eigenvalue weighted by atomic mass is 19.2. The van der Waals surface area contributed by atoms with Gasteiger partial charge in [0.2, 0.25) is 0 Å². The maximum atomic E-state index is 13.0. The predicted octanol–water partition coefficient (Wildman–Crippen LogP) is 2.31. The Balaban J connectivity index is 2.03. The van der Waals surface area contributed by atoms with Gasteiger partial charge in [0.25, 0.3) is 0 Å². The normalized spacial score (nSPS) is 22.4. The number of rotatable bonds is 3. The lowest BCUT2D eigenvalue weighted by atomic mass is 10.0. The van der Waals surface area contributed by atoms with Gasteiger partial charge in [-0.2, -0.15) is 0 Å². The molecular weight excluding hydrogens is 243 g/mol. The van der Waals surface area contributed by atoms with E-state index in [4.69, 9.17) is 0 Å². The molecule has 0 amide bonds. The van der Waals surface area contributed by atoms with Crippen molar-refractivity contribution in [2.75, 3.05) is 13.1 Å². The van der Waals surface area contributed by atoms with Crippen LogP contribution < -0.4 is 0 Å². The second kappa shape index (κ2) is 5.28. The number of benzene rings is 1. The average molecular weight is 259 g/mol. The fraction of sp³-hybridized carbons (Fsp3) is 0.538. The molecule has 2 nitrogen and oxygen atoms in total. The molecule has 1 N–H and O–H groups in total. The Labute approximate surface area is 104 Å². The minimum absolute atomic E-state index is 0.195. The first-order chi connectivity index (χ1) is 8.47. The summed E-state index contributed by atoms with van der Waals surface area (Å²) in [6.45, 7) is 3.58. The molecule has 18 heavy (non-hydrogen) atoms. The summed E-state index contributed by atoms with van der Waals surface area (Å²) in [6.07, 6.45) is 0.487. The first kappa shape index (κ1) is 13.4. The van der Waals surface area contributed by atoms with E-state index in [1.54, 1.807) is 6.92 Å². The second-order valence-electron chi connectivity index (χ2n) is 4.90. The summed E-state index contributed by atoms with van der Waals surface area (Å²) < 4.78 is 38.9. The van der Waals surface area contributed by atoms with Crippen LogP contribution in [0.5, 0.6) is 0 Å². The van der Waals surface area contributed by atoms with Crippen molar-refractivity contribution < 1.29 is 18.3 Å². The Morgan fingerprint density at radius 2 is 1.94 bits per heavy atom. The number of halogens is 3. The topological polar surface area (TPSA) is 23.5 Å². The van der Waals surface area contributed by atoms with Gasteiger partial charge in [0.05, 0.1) is 6.10 Å². The van der Waals surface area contributed by atoms with Gasteiger partial charge in [0.15, 0.2) is 17.5 Å². The highest BCUT2D eigenvalue weighted by Crippen LogP contribution is 2.22. The van der Waals surface area contributed by atoms with Gasteiger partial charge in [-0.05, 0) is 43.5 Å². The van der Waals surface area contributed by atoms with E-state index in [2.05, 4.69) is 0 Å².